The van der Waals surface area contributed by atoms with E-state index in [4.69, 9.17) is 9.84 Å². The van der Waals surface area contributed by atoms with E-state index in [1.165, 1.54) is 77.0 Å². The van der Waals surface area contributed by atoms with Gasteiger partial charge in [-0.3, -0.25) is 0 Å². The Hall–Kier alpha value is -0.830. The van der Waals surface area contributed by atoms with Gasteiger partial charge in [0.25, 0.3) is 0 Å². The Balaban J connectivity index is 1.46. The maximum atomic E-state index is 10.7. The molecule has 168 valence electrons. The van der Waals surface area contributed by atoms with Crippen LogP contribution < -0.4 is 0 Å². The van der Waals surface area contributed by atoms with Crippen molar-refractivity contribution in [2.24, 2.45) is 23.7 Å². The van der Waals surface area contributed by atoms with Crippen molar-refractivity contribution in [3.8, 4) is 0 Å². The third kappa shape index (κ3) is 9.68. The van der Waals surface area contributed by atoms with Crippen molar-refractivity contribution in [1.29, 1.82) is 0 Å². The number of carboxylic acids is 1. The number of ether oxygens (including phenoxy) is 1. The zero-order valence-corrected chi connectivity index (χ0v) is 19.0. The summed E-state index contributed by atoms with van der Waals surface area (Å²) in [5.74, 6) is 2.94. The van der Waals surface area contributed by atoms with Crippen LogP contribution in [0.2, 0.25) is 0 Å². The van der Waals surface area contributed by atoms with Crippen LogP contribution in [0.15, 0.2) is 12.2 Å². The minimum absolute atomic E-state index is 0.327. The quantitative estimate of drug-likeness (QED) is 0.241. The Kier molecular flexibility index (Phi) is 12.0. The first-order valence-corrected chi connectivity index (χ1v) is 12.6. The summed E-state index contributed by atoms with van der Waals surface area (Å²) < 4.78 is 5.93. The molecule has 0 spiro atoms. The molecule has 0 atom stereocenters. The highest BCUT2D eigenvalue weighted by Gasteiger charge is 2.30. The average molecular weight is 407 g/mol. The molecule has 0 amide bonds. The first-order chi connectivity index (χ1) is 14.1. The van der Waals surface area contributed by atoms with Gasteiger partial charge in [0.15, 0.2) is 0 Å². The van der Waals surface area contributed by atoms with Crippen LogP contribution in [0.1, 0.15) is 110 Å². The molecular formula is C26H46O3. The number of unbranched alkanes of at least 4 members (excludes halogenated alkanes) is 4. The average Bonchev–Trinajstić information content (AvgIpc) is 2.74. The second kappa shape index (κ2) is 14.2. The molecular weight excluding hydrogens is 360 g/mol. The lowest BCUT2D eigenvalue weighted by molar-refractivity contribution is -0.132. The molecule has 2 aliphatic carbocycles. The molecule has 0 aromatic carbocycles. The Labute approximate surface area is 179 Å². The van der Waals surface area contributed by atoms with E-state index in [-0.39, 0.29) is 0 Å². The highest BCUT2D eigenvalue weighted by atomic mass is 16.5. The molecule has 29 heavy (non-hydrogen) atoms. The molecule has 0 unspecified atom stereocenters. The van der Waals surface area contributed by atoms with E-state index < -0.39 is 5.97 Å². The predicted molar refractivity (Wildman–Crippen MR) is 121 cm³/mol. The van der Waals surface area contributed by atoms with Crippen LogP contribution in [-0.4, -0.2) is 24.3 Å². The van der Waals surface area contributed by atoms with E-state index in [2.05, 4.69) is 13.5 Å². The van der Waals surface area contributed by atoms with E-state index in [1.54, 1.807) is 0 Å². The fourth-order valence-corrected chi connectivity index (χ4v) is 5.53. The van der Waals surface area contributed by atoms with Crippen LogP contribution in [0.5, 0.6) is 0 Å². The summed E-state index contributed by atoms with van der Waals surface area (Å²) in [6, 6.07) is 0. The number of carbonyl (C=O) groups is 1. The molecule has 0 aromatic heterocycles. The lowest BCUT2D eigenvalue weighted by Crippen LogP contribution is -2.27. The van der Waals surface area contributed by atoms with Crippen molar-refractivity contribution >= 4 is 5.97 Å². The fourth-order valence-electron chi connectivity index (χ4n) is 5.53. The minimum Gasteiger partial charge on any atom is -0.478 e. The normalized spacial score (nSPS) is 27.6. The maximum Gasteiger partial charge on any atom is 0.330 e. The van der Waals surface area contributed by atoms with Crippen LogP contribution in [0.4, 0.5) is 0 Å². The van der Waals surface area contributed by atoms with Crippen molar-refractivity contribution in [2.45, 2.75) is 110 Å². The molecule has 2 rings (SSSR count). The van der Waals surface area contributed by atoms with Gasteiger partial charge in [-0.25, -0.2) is 4.79 Å². The van der Waals surface area contributed by atoms with E-state index in [0.29, 0.717) is 12.0 Å². The molecule has 2 fully saturated rings. The van der Waals surface area contributed by atoms with Crippen LogP contribution >= 0.6 is 0 Å². The Morgan fingerprint density at radius 2 is 1.48 bits per heavy atom. The molecule has 0 heterocycles. The first kappa shape index (κ1) is 24.4. The Bertz CT molecular complexity index is 457. The summed E-state index contributed by atoms with van der Waals surface area (Å²) in [6.45, 7) is 7.63. The molecule has 0 radical (unpaired) electrons. The Morgan fingerprint density at radius 3 is 2.07 bits per heavy atom. The monoisotopic (exact) mass is 406 g/mol. The third-order valence-electron chi connectivity index (χ3n) is 7.59. The van der Waals surface area contributed by atoms with Gasteiger partial charge in [-0.2, -0.15) is 0 Å². The van der Waals surface area contributed by atoms with Gasteiger partial charge < -0.3 is 9.84 Å². The number of carboxylic acid groups (broad SMARTS) is 1. The van der Waals surface area contributed by atoms with E-state index >= 15 is 0 Å². The summed E-state index contributed by atoms with van der Waals surface area (Å²) in [5, 5.41) is 8.80. The van der Waals surface area contributed by atoms with Gasteiger partial charge in [0, 0.05) is 18.8 Å². The molecule has 2 saturated carbocycles. The number of hydrogen-bond donors (Lipinski definition) is 1. The highest BCUT2D eigenvalue weighted by molar-refractivity contribution is 5.85. The van der Waals surface area contributed by atoms with E-state index in [9.17, 15) is 4.79 Å². The fraction of sp³-hybridized carbons (Fsp3) is 0.885. The third-order valence-corrected chi connectivity index (χ3v) is 7.59. The largest absolute Gasteiger partial charge is 0.478 e. The molecule has 3 nitrogen and oxygen atoms in total. The van der Waals surface area contributed by atoms with Crippen LogP contribution in [0, 0.1) is 23.7 Å². The van der Waals surface area contributed by atoms with Gasteiger partial charge in [0.2, 0.25) is 0 Å². The van der Waals surface area contributed by atoms with E-state index in [0.717, 1.165) is 56.1 Å². The van der Waals surface area contributed by atoms with Gasteiger partial charge in [0.05, 0.1) is 0 Å². The zero-order chi connectivity index (χ0) is 20.9. The molecule has 3 heteroatoms. The van der Waals surface area contributed by atoms with Gasteiger partial charge in [0.1, 0.15) is 0 Å². The van der Waals surface area contributed by atoms with Crippen molar-refractivity contribution < 1.29 is 14.6 Å². The van der Waals surface area contributed by atoms with Crippen molar-refractivity contribution in [2.75, 3.05) is 13.2 Å². The lowest BCUT2D eigenvalue weighted by atomic mass is 9.69. The molecule has 0 saturated heterocycles. The van der Waals surface area contributed by atoms with Crippen LogP contribution in [0.3, 0.4) is 0 Å². The SMILES string of the molecule is C=C(CCCCCOC[C@H]1CC[C@H]([C@H]2CC[C@H](CCCCC)CC2)CC1)C(=O)O. The van der Waals surface area contributed by atoms with E-state index in [1.807, 2.05) is 0 Å². The topological polar surface area (TPSA) is 46.5 Å². The first-order valence-electron chi connectivity index (χ1n) is 12.6. The Morgan fingerprint density at radius 1 is 0.862 bits per heavy atom. The summed E-state index contributed by atoms with van der Waals surface area (Å²) in [5.41, 5.74) is 0.327. The summed E-state index contributed by atoms with van der Waals surface area (Å²) in [4.78, 5) is 10.7. The van der Waals surface area contributed by atoms with Crippen molar-refractivity contribution in [3.05, 3.63) is 12.2 Å². The van der Waals surface area contributed by atoms with Crippen molar-refractivity contribution in [1.82, 2.24) is 0 Å². The van der Waals surface area contributed by atoms with Gasteiger partial charge in [-0.05, 0) is 81.5 Å². The second-order valence-electron chi connectivity index (χ2n) is 9.85. The lowest BCUT2D eigenvalue weighted by Gasteiger charge is -2.38. The number of hydrogen-bond acceptors (Lipinski definition) is 2. The maximum absolute atomic E-state index is 10.7. The number of aliphatic carboxylic acids is 1. The summed E-state index contributed by atoms with van der Waals surface area (Å²) in [7, 11) is 0. The van der Waals surface area contributed by atoms with Crippen LogP contribution in [0.25, 0.3) is 0 Å². The molecule has 1 N–H and O–H groups in total. The molecule has 2 aliphatic rings. The summed E-state index contributed by atoms with van der Waals surface area (Å²) >= 11 is 0. The van der Waals surface area contributed by atoms with Crippen LogP contribution in [-0.2, 0) is 9.53 Å². The minimum atomic E-state index is -0.864. The number of rotatable bonds is 14. The summed E-state index contributed by atoms with van der Waals surface area (Å²) in [6.07, 6.45) is 20.8. The standard InChI is InChI=1S/C26H46O3/c1-3-4-6-10-22-11-15-24(16-12-22)25-17-13-23(14-18-25)20-29-19-8-5-7-9-21(2)26(27)28/h22-25H,2-20H2,1H3,(H,27,28)/t22-,23-,24-,25-. The molecule has 0 aliphatic heterocycles. The highest BCUT2D eigenvalue weighted by Crippen LogP contribution is 2.42. The predicted octanol–water partition coefficient (Wildman–Crippen LogP) is 7.40. The second-order valence-corrected chi connectivity index (χ2v) is 9.85. The molecule has 0 aromatic rings. The van der Waals surface area contributed by atoms with Gasteiger partial charge in [-0.15, -0.1) is 0 Å². The van der Waals surface area contributed by atoms with Crippen molar-refractivity contribution in [3.63, 3.8) is 0 Å². The van der Waals surface area contributed by atoms with Gasteiger partial charge >= 0.3 is 5.97 Å². The zero-order valence-electron chi connectivity index (χ0n) is 19.0. The molecule has 0 bridgehead atoms. The van der Waals surface area contributed by atoms with Gasteiger partial charge in [-0.1, -0.05) is 58.4 Å². The smallest absolute Gasteiger partial charge is 0.330 e.